The van der Waals surface area contributed by atoms with Crippen molar-refractivity contribution in [3.8, 4) is 5.75 Å². The molecule has 0 bridgehead atoms. The van der Waals surface area contributed by atoms with Crippen LogP contribution in [-0.2, 0) is 11.3 Å². The van der Waals surface area contributed by atoms with Gasteiger partial charge in [0.15, 0.2) is 4.47 Å². The van der Waals surface area contributed by atoms with Crippen molar-refractivity contribution in [1.82, 2.24) is 4.98 Å². The van der Waals surface area contributed by atoms with Gasteiger partial charge < -0.3 is 15.7 Å². The number of amides is 1. The molecule has 5 nitrogen and oxygen atoms in total. The number of thiazole rings is 1. The number of aromatic hydroxyl groups is 1. The molecule has 2 rings (SSSR count). The average molecular weight is 298 g/mol. The lowest BCUT2D eigenvalue weighted by Gasteiger charge is -2.09. The summed E-state index contributed by atoms with van der Waals surface area (Å²) in [7, 11) is 0. The first-order valence-electron chi connectivity index (χ1n) is 5.49. The van der Waals surface area contributed by atoms with Crippen LogP contribution in [0.1, 0.15) is 11.8 Å². The molecule has 1 aromatic carbocycles. The highest BCUT2D eigenvalue weighted by molar-refractivity contribution is 7.15. The average Bonchev–Trinajstić information content (AvgIpc) is 2.75. The van der Waals surface area contributed by atoms with Gasteiger partial charge in [-0.3, -0.25) is 4.79 Å². The molecule has 0 atom stereocenters. The molecule has 0 aliphatic heterocycles. The van der Waals surface area contributed by atoms with Gasteiger partial charge in [0.2, 0.25) is 5.91 Å². The summed E-state index contributed by atoms with van der Waals surface area (Å²) in [5.74, 6) is -0.205. The molecule has 3 N–H and O–H groups in total. The van der Waals surface area contributed by atoms with Crippen molar-refractivity contribution >= 4 is 40.2 Å². The van der Waals surface area contributed by atoms with Crippen molar-refractivity contribution in [3.05, 3.63) is 33.7 Å². The smallest absolute Gasteiger partial charge is 0.221 e. The summed E-state index contributed by atoms with van der Waals surface area (Å²) in [6, 6.07) is 4.91. The monoisotopic (exact) mass is 297 g/mol. The number of phenolic OH excluding ortho intramolecular Hbond substituents is 1. The predicted octanol–water partition coefficient (Wildman–Crippen LogP) is 3.07. The van der Waals surface area contributed by atoms with Crippen LogP contribution in [0.4, 0.5) is 11.4 Å². The Kier molecular flexibility index (Phi) is 4.24. The van der Waals surface area contributed by atoms with Crippen molar-refractivity contribution in [3.63, 3.8) is 0 Å². The maximum Gasteiger partial charge on any atom is 0.221 e. The Morgan fingerprint density at radius 2 is 2.32 bits per heavy atom. The Balaban J connectivity index is 2.06. The number of rotatable bonds is 4. The zero-order valence-corrected chi connectivity index (χ0v) is 11.7. The van der Waals surface area contributed by atoms with Crippen molar-refractivity contribution in [2.75, 3.05) is 10.6 Å². The molecule has 1 heterocycles. The van der Waals surface area contributed by atoms with E-state index in [2.05, 4.69) is 15.6 Å². The lowest BCUT2D eigenvalue weighted by molar-refractivity contribution is -0.114. The first-order chi connectivity index (χ1) is 9.04. The van der Waals surface area contributed by atoms with E-state index in [1.54, 1.807) is 18.3 Å². The van der Waals surface area contributed by atoms with E-state index < -0.39 is 0 Å². The zero-order valence-electron chi connectivity index (χ0n) is 10.1. The summed E-state index contributed by atoms with van der Waals surface area (Å²) in [4.78, 5) is 15.9. The molecule has 0 fully saturated rings. The Bertz CT molecular complexity index is 600. The van der Waals surface area contributed by atoms with Crippen molar-refractivity contribution in [1.29, 1.82) is 0 Å². The van der Waals surface area contributed by atoms with Crippen LogP contribution in [-0.4, -0.2) is 16.0 Å². The second-order valence-electron chi connectivity index (χ2n) is 3.85. The number of carbonyl (C=O) groups is 1. The number of halogens is 1. The lowest BCUT2D eigenvalue weighted by atomic mass is 10.2. The van der Waals surface area contributed by atoms with Gasteiger partial charge in [-0.15, -0.1) is 11.3 Å². The molecule has 0 aliphatic rings. The summed E-state index contributed by atoms with van der Waals surface area (Å²) in [5, 5.41) is 15.3. The van der Waals surface area contributed by atoms with Crippen molar-refractivity contribution in [2.24, 2.45) is 0 Å². The van der Waals surface area contributed by atoms with Crippen LogP contribution in [0.3, 0.4) is 0 Å². The molecule has 0 aliphatic carbocycles. The fraction of sp³-hybridized carbons (Fsp3) is 0.167. The standard InChI is InChI=1S/C12H12ClN3O2S/c1-7(17)16-10-4-8(2-3-11(10)18)14-5-9-6-15-12(13)19-9/h2-4,6,14,18H,5H2,1H3,(H,16,17). The summed E-state index contributed by atoms with van der Waals surface area (Å²) < 4.78 is 0.501. The fourth-order valence-corrected chi connectivity index (χ4v) is 2.41. The molecule has 7 heteroatoms. The highest BCUT2D eigenvalue weighted by atomic mass is 35.5. The molecule has 0 saturated carbocycles. The minimum atomic E-state index is -0.235. The van der Waals surface area contributed by atoms with Gasteiger partial charge in [-0.05, 0) is 18.2 Å². The minimum absolute atomic E-state index is 0.0292. The molecular weight excluding hydrogens is 286 g/mol. The lowest BCUT2D eigenvalue weighted by Crippen LogP contribution is -2.06. The highest BCUT2D eigenvalue weighted by Crippen LogP contribution is 2.27. The van der Waals surface area contributed by atoms with Gasteiger partial charge in [0, 0.05) is 23.7 Å². The molecular formula is C12H12ClN3O2S. The number of anilines is 2. The molecule has 1 amide bonds. The molecule has 2 aromatic rings. The first-order valence-corrected chi connectivity index (χ1v) is 6.69. The van der Waals surface area contributed by atoms with Gasteiger partial charge in [-0.25, -0.2) is 4.98 Å². The largest absolute Gasteiger partial charge is 0.506 e. The van der Waals surface area contributed by atoms with E-state index in [4.69, 9.17) is 11.6 Å². The van der Waals surface area contributed by atoms with E-state index in [1.165, 1.54) is 24.3 Å². The van der Waals surface area contributed by atoms with E-state index in [-0.39, 0.29) is 11.7 Å². The summed E-state index contributed by atoms with van der Waals surface area (Å²) in [6.07, 6.45) is 1.70. The van der Waals surface area contributed by atoms with Crippen LogP contribution >= 0.6 is 22.9 Å². The number of carbonyl (C=O) groups excluding carboxylic acids is 1. The molecule has 1 aromatic heterocycles. The second-order valence-corrected chi connectivity index (χ2v) is 5.54. The number of benzene rings is 1. The van der Waals surface area contributed by atoms with Crippen LogP contribution in [0.2, 0.25) is 4.47 Å². The second kappa shape index (κ2) is 5.90. The fourth-order valence-electron chi connectivity index (χ4n) is 1.49. The third-order valence-corrected chi connectivity index (χ3v) is 3.41. The highest BCUT2D eigenvalue weighted by Gasteiger charge is 2.05. The summed E-state index contributed by atoms with van der Waals surface area (Å²) >= 11 is 7.14. The van der Waals surface area contributed by atoms with E-state index in [9.17, 15) is 9.90 Å². The Morgan fingerprint density at radius 1 is 1.53 bits per heavy atom. The SMILES string of the molecule is CC(=O)Nc1cc(NCc2cnc(Cl)s2)ccc1O. The molecule has 100 valence electrons. The molecule has 0 saturated heterocycles. The minimum Gasteiger partial charge on any atom is -0.506 e. The van der Waals surface area contributed by atoms with Crippen molar-refractivity contribution < 1.29 is 9.90 Å². The van der Waals surface area contributed by atoms with E-state index >= 15 is 0 Å². The number of hydrogen-bond acceptors (Lipinski definition) is 5. The van der Waals surface area contributed by atoms with Gasteiger partial charge in [0.1, 0.15) is 5.75 Å². The molecule has 0 unspecified atom stereocenters. The quantitative estimate of drug-likeness (QED) is 0.599. The van der Waals surface area contributed by atoms with Gasteiger partial charge in [0.25, 0.3) is 0 Å². The van der Waals surface area contributed by atoms with Crippen LogP contribution in [0.15, 0.2) is 24.4 Å². The van der Waals surface area contributed by atoms with E-state index in [0.29, 0.717) is 16.7 Å². The maximum atomic E-state index is 11.0. The van der Waals surface area contributed by atoms with Crippen LogP contribution < -0.4 is 10.6 Å². The predicted molar refractivity (Wildman–Crippen MR) is 76.9 cm³/mol. The zero-order chi connectivity index (χ0) is 13.8. The normalized spacial score (nSPS) is 10.2. The Morgan fingerprint density at radius 3 is 2.95 bits per heavy atom. The van der Waals surface area contributed by atoms with Crippen LogP contribution in [0.25, 0.3) is 0 Å². The summed E-state index contributed by atoms with van der Waals surface area (Å²) in [5.41, 5.74) is 1.16. The maximum absolute atomic E-state index is 11.0. The topological polar surface area (TPSA) is 74.2 Å². The number of phenols is 1. The molecule has 0 radical (unpaired) electrons. The number of nitrogens with zero attached hydrogens (tertiary/aromatic N) is 1. The number of hydrogen-bond donors (Lipinski definition) is 3. The van der Waals surface area contributed by atoms with Crippen LogP contribution in [0.5, 0.6) is 5.75 Å². The van der Waals surface area contributed by atoms with Gasteiger partial charge in [-0.2, -0.15) is 0 Å². The van der Waals surface area contributed by atoms with Gasteiger partial charge in [-0.1, -0.05) is 11.6 Å². The molecule has 19 heavy (non-hydrogen) atoms. The summed E-state index contributed by atoms with van der Waals surface area (Å²) in [6.45, 7) is 1.97. The van der Waals surface area contributed by atoms with Crippen molar-refractivity contribution in [2.45, 2.75) is 13.5 Å². The number of nitrogens with one attached hydrogen (secondary N) is 2. The van der Waals surface area contributed by atoms with Gasteiger partial charge >= 0.3 is 0 Å². The van der Waals surface area contributed by atoms with E-state index in [1.807, 2.05) is 0 Å². The van der Waals surface area contributed by atoms with Gasteiger partial charge in [0.05, 0.1) is 12.2 Å². The third-order valence-electron chi connectivity index (χ3n) is 2.30. The Labute approximate surface area is 119 Å². The first kappa shape index (κ1) is 13.6. The number of aromatic nitrogens is 1. The third kappa shape index (κ3) is 3.84. The Hall–Kier alpha value is -1.79. The van der Waals surface area contributed by atoms with E-state index in [0.717, 1.165) is 10.6 Å². The molecule has 0 spiro atoms. The van der Waals surface area contributed by atoms with Crippen LogP contribution in [0, 0.1) is 0 Å².